The molecule has 3 nitrogen and oxygen atoms in total. The predicted molar refractivity (Wildman–Crippen MR) is 94.6 cm³/mol. The van der Waals surface area contributed by atoms with E-state index in [1.165, 1.54) is 24.3 Å². The molecule has 0 heterocycles. The van der Waals surface area contributed by atoms with Crippen molar-refractivity contribution in [2.45, 2.75) is 12.8 Å². The molecule has 0 aliphatic heterocycles. The second-order valence-electron chi connectivity index (χ2n) is 5.87. The van der Waals surface area contributed by atoms with Crippen LogP contribution in [-0.2, 0) is 12.8 Å². The van der Waals surface area contributed by atoms with Crippen LogP contribution in [-0.4, -0.2) is 11.1 Å². The molecule has 0 unspecified atom stereocenters. The van der Waals surface area contributed by atoms with Gasteiger partial charge in [0.25, 0.3) is 0 Å². The Morgan fingerprint density at radius 2 is 1.52 bits per heavy atom. The van der Waals surface area contributed by atoms with Crippen molar-refractivity contribution in [1.82, 2.24) is 0 Å². The van der Waals surface area contributed by atoms with Gasteiger partial charge >= 0.3 is 12.1 Å². The first-order valence-corrected chi connectivity index (χ1v) is 8.06. The molecule has 1 N–H and O–H groups in total. The van der Waals surface area contributed by atoms with Crippen LogP contribution in [0, 0.1) is 0 Å². The fraction of sp³-hybridized carbons (Fsp3) is 0.0952. The van der Waals surface area contributed by atoms with Gasteiger partial charge in [-0.15, -0.1) is 0 Å². The molecule has 0 aliphatic rings. The van der Waals surface area contributed by atoms with E-state index in [9.17, 15) is 23.1 Å². The molecule has 3 aromatic rings. The highest BCUT2D eigenvalue weighted by Gasteiger charge is 2.30. The summed E-state index contributed by atoms with van der Waals surface area (Å²) < 4.78 is 43.8. The molecule has 0 amide bonds. The summed E-state index contributed by atoms with van der Waals surface area (Å²) in [7, 11) is 0. The van der Waals surface area contributed by atoms with Crippen LogP contribution < -0.4 is 4.74 Å². The van der Waals surface area contributed by atoms with Gasteiger partial charge in [-0.05, 0) is 41.0 Å². The van der Waals surface area contributed by atoms with Crippen molar-refractivity contribution in [2.75, 3.05) is 0 Å². The molecule has 6 heteroatoms. The lowest BCUT2D eigenvalue weighted by Crippen LogP contribution is -2.04. The molecule has 138 valence electrons. The molecule has 0 fully saturated rings. The van der Waals surface area contributed by atoms with Crippen molar-refractivity contribution in [3.05, 3.63) is 89.5 Å². The number of rotatable bonds is 5. The van der Waals surface area contributed by atoms with Crippen LogP contribution in [0.3, 0.4) is 0 Å². The molecular weight excluding hydrogens is 357 g/mol. The third-order valence-electron chi connectivity index (χ3n) is 3.99. The van der Waals surface area contributed by atoms with E-state index in [4.69, 9.17) is 4.74 Å². The van der Waals surface area contributed by atoms with Crippen molar-refractivity contribution in [2.24, 2.45) is 0 Å². The van der Waals surface area contributed by atoms with E-state index in [1.807, 2.05) is 30.3 Å². The summed E-state index contributed by atoms with van der Waals surface area (Å²) in [4.78, 5) is 11.4. The molecule has 3 aromatic carbocycles. The highest BCUT2D eigenvalue weighted by molar-refractivity contribution is 5.92. The topological polar surface area (TPSA) is 46.5 Å². The Kier molecular flexibility index (Phi) is 5.16. The number of carboxylic acid groups (broad SMARTS) is 1. The summed E-state index contributed by atoms with van der Waals surface area (Å²) in [6.45, 7) is 0.178. The summed E-state index contributed by atoms with van der Waals surface area (Å²) in [5.41, 5.74) is 1.21. The average molecular weight is 372 g/mol. The molecule has 0 saturated heterocycles. The molecule has 27 heavy (non-hydrogen) atoms. The maximum atomic E-state index is 12.7. The minimum absolute atomic E-state index is 0.0124. The van der Waals surface area contributed by atoms with E-state index in [1.54, 1.807) is 6.07 Å². The number of alkyl halides is 3. The normalized spacial score (nSPS) is 11.2. The number of carboxylic acids is 1. The Hall–Kier alpha value is -3.28. The summed E-state index contributed by atoms with van der Waals surface area (Å²) >= 11 is 0. The van der Waals surface area contributed by atoms with Crippen molar-refractivity contribution in [1.29, 1.82) is 0 Å². The first kappa shape index (κ1) is 18.5. The van der Waals surface area contributed by atoms with Gasteiger partial charge in [-0.1, -0.05) is 48.5 Å². The fourth-order valence-corrected chi connectivity index (χ4v) is 2.58. The first-order valence-electron chi connectivity index (χ1n) is 8.06. The lowest BCUT2D eigenvalue weighted by Gasteiger charge is -2.12. The Bertz CT molecular complexity index is 933. The molecule has 3 rings (SSSR count). The molecule has 0 aliphatic carbocycles. The summed E-state index contributed by atoms with van der Waals surface area (Å²) in [6, 6.07) is 18.4. The fourth-order valence-electron chi connectivity index (χ4n) is 2.58. The highest BCUT2D eigenvalue weighted by Crippen LogP contribution is 2.32. The molecule has 0 saturated carbocycles. The molecule has 0 bridgehead atoms. The van der Waals surface area contributed by atoms with Crippen LogP contribution in [0.5, 0.6) is 5.75 Å². The van der Waals surface area contributed by atoms with E-state index in [2.05, 4.69) is 0 Å². The van der Waals surface area contributed by atoms with Crippen molar-refractivity contribution in [3.8, 4) is 16.9 Å². The van der Waals surface area contributed by atoms with Gasteiger partial charge in [-0.3, -0.25) is 0 Å². The second-order valence-corrected chi connectivity index (χ2v) is 5.87. The Balaban J connectivity index is 1.90. The lowest BCUT2D eigenvalue weighted by atomic mass is 10.0. The van der Waals surface area contributed by atoms with E-state index in [0.29, 0.717) is 11.1 Å². The van der Waals surface area contributed by atoms with Gasteiger partial charge in [-0.2, -0.15) is 13.2 Å². The summed E-state index contributed by atoms with van der Waals surface area (Å²) in [5.74, 6) is -0.985. The number of benzene rings is 3. The van der Waals surface area contributed by atoms with Crippen LogP contribution in [0.15, 0.2) is 72.8 Å². The zero-order valence-electron chi connectivity index (χ0n) is 14.0. The van der Waals surface area contributed by atoms with Gasteiger partial charge in [0.2, 0.25) is 0 Å². The first-order chi connectivity index (χ1) is 12.8. The minimum atomic E-state index is -4.41. The van der Waals surface area contributed by atoms with Gasteiger partial charge in [0, 0.05) is 0 Å². The smallest absolute Gasteiger partial charge is 0.416 e. The quantitative estimate of drug-likeness (QED) is 0.630. The molecule has 0 atom stereocenters. The SMILES string of the molecule is O=C(O)c1ccc(-c2ccc(C(F)(F)F)cc2)cc1OCc1ccccc1. The highest BCUT2D eigenvalue weighted by atomic mass is 19.4. The van der Waals surface area contributed by atoms with Gasteiger partial charge in [0.05, 0.1) is 5.56 Å². The Morgan fingerprint density at radius 1 is 0.889 bits per heavy atom. The Labute approximate surface area is 153 Å². The molecule has 0 spiro atoms. The second kappa shape index (κ2) is 7.53. The number of carbonyl (C=O) groups is 1. The number of halogens is 3. The van der Waals surface area contributed by atoms with Crippen molar-refractivity contribution < 1.29 is 27.8 Å². The van der Waals surface area contributed by atoms with E-state index < -0.39 is 17.7 Å². The molecule has 0 aromatic heterocycles. The van der Waals surface area contributed by atoms with Gasteiger partial charge < -0.3 is 9.84 Å². The average Bonchev–Trinajstić information content (AvgIpc) is 2.66. The van der Waals surface area contributed by atoms with Gasteiger partial charge in [-0.25, -0.2) is 4.79 Å². The zero-order chi connectivity index (χ0) is 19.4. The van der Waals surface area contributed by atoms with Crippen molar-refractivity contribution in [3.63, 3.8) is 0 Å². The van der Waals surface area contributed by atoms with Crippen LogP contribution in [0.4, 0.5) is 13.2 Å². The number of hydrogen-bond donors (Lipinski definition) is 1. The zero-order valence-corrected chi connectivity index (χ0v) is 14.0. The molecule has 0 radical (unpaired) electrons. The van der Waals surface area contributed by atoms with E-state index in [-0.39, 0.29) is 17.9 Å². The van der Waals surface area contributed by atoms with Crippen LogP contribution in [0.25, 0.3) is 11.1 Å². The summed E-state index contributed by atoms with van der Waals surface area (Å²) in [5, 5.41) is 9.35. The van der Waals surface area contributed by atoms with Crippen LogP contribution in [0.1, 0.15) is 21.5 Å². The minimum Gasteiger partial charge on any atom is -0.488 e. The van der Waals surface area contributed by atoms with Crippen LogP contribution in [0.2, 0.25) is 0 Å². The summed E-state index contributed by atoms with van der Waals surface area (Å²) in [6.07, 6.45) is -4.41. The molecular formula is C21H15F3O3. The van der Waals surface area contributed by atoms with E-state index >= 15 is 0 Å². The lowest BCUT2D eigenvalue weighted by molar-refractivity contribution is -0.137. The van der Waals surface area contributed by atoms with Crippen molar-refractivity contribution >= 4 is 5.97 Å². The largest absolute Gasteiger partial charge is 0.488 e. The third kappa shape index (κ3) is 4.47. The third-order valence-corrected chi connectivity index (χ3v) is 3.99. The maximum Gasteiger partial charge on any atom is 0.416 e. The van der Waals surface area contributed by atoms with Gasteiger partial charge in [0.15, 0.2) is 0 Å². The number of ether oxygens (including phenoxy) is 1. The monoisotopic (exact) mass is 372 g/mol. The predicted octanol–water partition coefficient (Wildman–Crippen LogP) is 5.65. The number of hydrogen-bond acceptors (Lipinski definition) is 2. The standard InChI is InChI=1S/C21H15F3O3/c22-21(23,24)17-9-6-15(7-10-17)16-8-11-18(20(25)26)19(12-16)27-13-14-4-2-1-3-5-14/h1-12H,13H2,(H,25,26). The Morgan fingerprint density at radius 3 is 2.11 bits per heavy atom. The van der Waals surface area contributed by atoms with Crippen LogP contribution >= 0.6 is 0 Å². The maximum absolute atomic E-state index is 12.7. The number of aromatic carboxylic acids is 1. The van der Waals surface area contributed by atoms with Gasteiger partial charge in [0.1, 0.15) is 17.9 Å². The van der Waals surface area contributed by atoms with E-state index in [0.717, 1.165) is 17.7 Å².